The molecule has 0 fully saturated rings. The fourth-order valence-electron chi connectivity index (χ4n) is 1.95. The molecule has 0 radical (unpaired) electrons. The predicted octanol–water partition coefficient (Wildman–Crippen LogP) is 5.27. The maximum absolute atomic E-state index is 12.3. The average molecular weight is 439 g/mol. The van der Waals surface area contributed by atoms with Gasteiger partial charge in [-0.2, -0.15) is 0 Å². The molecule has 3 rings (SSSR count). The van der Waals surface area contributed by atoms with Crippen LogP contribution in [0.5, 0.6) is 0 Å². The number of benzene rings is 2. The van der Waals surface area contributed by atoms with Gasteiger partial charge in [0.25, 0.3) is 5.22 Å². The normalized spacial score (nSPS) is 12.0. The number of aromatic nitrogens is 2. The van der Waals surface area contributed by atoms with E-state index in [0.29, 0.717) is 16.1 Å². The van der Waals surface area contributed by atoms with Crippen LogP contribution in [0.4, 0.5) is 5.69 Å². The zero-order valence-electron chi connectivity index (χ0n) is 13.1. The van der Waals surface area contributed by atoms with Gasteiger partial charge in [-0.1, -0.05) is 39.3 Å². The van der Waals surface area contributed by atoms with Gasteiger partial charge in [0.2, 0.25) is 11.8 Å². The Morgan fingerprint density at radius 1 is 1.16 bits per heavy atom. The van der Waals surface area contributed by atoms with Crippen molar-refractivity contribution in [2.24, 2.45) is 0 Å². The number of nitrogens with zero attached hydrogens (tertiary/aromatic N) is 2. The third kappa shape index (κ3) is 4.84. The largest absolute Gasteiger partial charge is 0.411 e. The van der Waals surface area contributed by atoms with Crippen LogP contribution in [0.2, 0.25) is 5.02 Å². The van der Waals surface area contributed by atoms with Crippen molar-refractivity contribution in [2.45, 2.75) is 17.4 Å². The summed E-state index contributed by atoms with van der Waals surface area (Å²) in [7, 11) is 0. The Balaban J connectivity index is 1.62. The molecule has 1 N–H and O–H groups in total. The molecule has 0 aliphatic carbocycles. The van der Waals surface area contributed by atoms with Crippen LogP contribution in [0.15, 0.2) is 62.6 Å². The molecule has 1 unspecified atom stereocenters. The number of rotatable bonds is 5. The third-order valence-corrected chi connectivity index (χ3v) is 4.97. The fraction of sp³-hybridized carbons (Fsp3) is 0.118. The smallest absolute Gasteiger partial charge is 0.277 e. The number of thioether (sulfide) groups is 1. The molecule has 5 nitrogen and oxygen atoms in total. The number of nitrogens with one attached hydrogen (secondary N) is 1. The number of hydrogen-bond acceptors (Lipinski definition) is 5. The second-order valence-corrected chi connectivity index (χ2v) is 7.78. The van der Waals surface area contributed by atoms with Crippen molar-refractivity contribution < 1.29 is 9.21 Å². The molecule has 8 heteroatoms. The minimum absolute atomic E-state index is 0.140. The summed E-state index contributed by atoms with van der Waals surface area (Å²) >= 11 is 10.4. The van der Waals surface area contributed by atoms with Gasteiger partial charge in [0.05, 0.1) is 5.25 Å². The number of carbonyl (C=O) groups is 1. The molecule has 1 aromatic heterocycles. The van der Waals surface area contributed by atoms with E-state index in [1.54, 1.807) is 31.2 Å². The number of anilines is 1. The van der Waals surface area contributed by atoms with E-state index in [2.05, 4.69) is 31.4 Å². The van der Waals surface area contributed by atoms with Gasteiger partial charge in [-0.3, -0.25) is 4.79 Å². The average Bonchev–Trinajstić information content (AvgIpc) is 3.06. The lowest BCUT2D eigenvalue weighted by Crippen LogP contribution is -2.22. The van der Waals surface area contributed by atoms with Crippen LogP contribution in [0, 0.1) is 0 Å². The molecule has 2 aromatic carbocycles. The van der Waals surface area contributed by atoms with Crippen LogP contribution in [0.25, 0.3) is 11.5 Å². The quantitative estimate of drug-likeness (QED) is 0.549. The molecule has 3 aromatic rings. The molecule has 1 heterocycles. The molecule has 0 saturated carbocycles. The molecular formula is C17H13BrClN3O2S. The second kappa shape index (κ2) is 8.03. The zero-order chi connectivity index (χ0) is 17.8. The van der Waals surface area contributed by atoms with Gasteiger partial charge in [-0.25, -0.2) is 0 Å². The number of halogens is 2. The maximum Gasteiger partial charge on any atom is 0.277 e. The van der Waals surface area contributed by atoms with Gasteiger partial charge in [0.1, 0.15) is 0 Å². The molecule has 1 atom stereocenters. The first-order valence-electron chi connectivity index (χ1n) is 7.34. The highest BCUT2D eigenvalue weighted by atomic mass is 79.9. The Morgan fingerprint density at radius 2 is 1.84 bits per heavy atom. The Bertz CT molecular complexity index is 868. The summed E-state index contributed by atoms with van der Waals surface area (Å²) in [5, 5.41) is 11.4. The van der Waals surface area contributed by atoms with Crippen molar-refractivity contribution in [3.8, 4) is 11.5 Å². The summed E-state index contributed by atoms with van der Waals surface area (Å²) in [6.45, 7) is 1.78. The van der Waals surface area contributed by atoms with E-state index in [-0.39, 0.29) is 11.2 Å². The monoisotopic (exact) mass is 437 g/mol. The molecule has 0 aliphatic rings. The Morgan fingerprint density at radius 3 is 2.52 bits per heavy atom. The van der Waals surface area contributed by atoms with Gasteiger partial charge < -0.3 is 9.73 Å². The zero-order valence-corrected chi connectivity index (χ0v) is 16.2. The van der Waals surface area contributed by atoms with E-state index in [1.807, 2.05) is 24.3 Å². The lowest BCUT2D eigenvalue weighted by molar-refractivity contribution is -0.115. The SMILES string of the molecule is CC(Sc1nnc(-c2ccc(Cl)cc2)o1)C(=O)Nc1ccc(Br)cc1. The molecule has 128 valence electrons. The highest BCUT2D eigenvalue weighted by Gasteiger charge is 2.19. The molecule has 0 spiro atoms. The minimum atomic E-state index is -0.387. The van der Waals surface area contributed by atoms with E-state index >= 15 is 0 Å². The first-order valence-corrected chi connectivity index (χ1v) is 9.39. The molecule has 1 amide bonds. The second-order valence-electron chi connectivity index (χ2n) is 5.14. The maximum atomic E-state index is 12.3. The topological polar surface area (TPSA) is 68.0 Å². The van der Waals surface area contributed by atoms with E-state index in [4.69, 9.17) is 16.0 Å². The van der Waals surface area contributed by atoms with Crippen molar-refractivity contribution in [1.29, 1.82) is 0 Å². The third-order valence-electron chi connectivity index (χ3n) is 3.26. The lowest BCUT2D eigenvalue weighted by atomic mass is 10.2. The summed E-state index contributed by atoms with van der Waals surface area (Å²) < 4.78 is 6.56. The highest BCUT2D eigenvalue weighted by Crippen LogP contribution is 2.27. The van der Waals surface area contributed by atoms with Gasteiger partial charge in [-0.15, -0.1) is 10.2 Å². The van der Waals surface area contributed by atoms with Crippen molar-refractivity contribution in [2.75, 3.05) is 5.32 Å². The molecular weight excluding hydrogens is 426 g/mol. The van der Waals surface area contributed by atoms with E-state index in [9.17, 15) is 4.79 Å². The van der Waals surface area contributed by atoms with Gasteiger partial charge in [0.15, 0.2) is 0 Å². The van der Waals surface area contributed by atoms with Crippen LogP contribution < -0.4 is 5.32 Å². The number of amides is 1. The van der Waals surface area contributed by atoms with Crippen molar-refractivity contribution in [3.63, 3.8) is 0 Å². The van der Waals surface area contributed by atoms with Gasteiger partial charge in [-0.05, 0) is 55.5 Å². The Labute approximate surface area is 162 Å². The summed E-state index contributed by atoms with van der Waals surface area (Å²) in [5.74, 6) is 0.248. The van der Waals surface area contributed by atoms with E-state index in [1.165, 1.54) is 11.8 Å². The molecule has 0 aliphatic heterocycles. The standard InChI is InChI=1S/C17H13BrClN3O2S/c1-10(15(23)20-14-8-4-12(18)5-9-14)25-17-22-21-16(24-17)11-2-6-13(19)7-3-11/h2-10H,1H3,(H,20,23). The van der Waals surface area contributed by atoms with E-state index < -0.39 is 0 Å². The molecule has 25 heavy (non-hydrogen) atoms. The lowest BCUT2D eigenvalue weighted by Gasteiger charge is -2.09. The van der Waals surface area contributed by atoms with Crippen molar-refractivity contribution in [1.82, 2.24) is 10.2 Å². The van der Waals surface area contributed by atoms with Crippen LogP contribution in [-0.2, 0) is 4.79 Å². The highest BCUT2D eigenvalue weighted by molar-refractivity contribution is 9.10. The van der Waals surface area contributed by atoms with E-state index in [0.717, 1.165) is 15.7 Å². The summed E-state index contributed by atoms with van der Waals surface area (Å²) in [4.78, 5) is 12.3. The van der Waals surface area contributed by atoms with Crippen LogP contribution in [0.1, 0.15) is 6.92 Å². The first kappa shape index (κ1) is 18.0. The molecule has 0 saturated heterocycles. The van der Waals surface area contributed by atoms with Crippen LogP contribution in [0.3, 0.4) is 0 Å². The van der Waals surface area contributed by atoms with Crippen molar-refractivity contribution >= 4 is 50.9 Å². The number of carbonyl (C=O) groups excluding carboxylic acids is 1. The fourth-order valence-corrected chi connectivity index (χ4v) is 3.02. The van der Waals surface area contributed by atoms with Crippen LogP contribution >= 0.6 is 39.3 Å². The Kier molecular flexibility index (Phi) is 5.78. The number of hydrogen-bond donors (Lipinski definition) is 1. The minimum Gasteiger partial charge on any atom is -0.411 e. The summed E-state index contributed by atoms with van der Waals surface area (Å²) in [6.07, 6.45) is 0. The van der Waals surface area contributed by atoms with Crippen molar-refractivity contribution in [3.05, 3.63) is 58.0 Å². The van der Waals surface area contributed by atoms with Gasteiger partial charge >= 0.3 is 0 Å². The molecule has 0 bridgehead atoms. The summed E-state index contributed by atoms with van der Waals surface area (Å²) in [6, 6.07) is 14.5. The first-order chi connectivity index (χ1) is 12.0. The summed E-state index contributed by atoms with van der Waals surface area (Å²) in [5.41, 5.74) is 1.50. The Hall–Kier alpha value is -1.83. The van der Waals surface area contributed by atoms with Gasteiger partial charge in [0, 0.05) is 20.7 Å². The van der Waals surface area contributed by atoms with Crippen LogP contribution in [-0.4, -0.2) is 21.4 Å². The predicted molar refractivity (Wildman–Crippen MR) is 103 cm³/mol.